The van der Waals surface area contributed by atoms with Gasteiger partial charge in [-0.1, -0.05) is 30.3 Å². The summed E-state index contributed by atoms with van der Waals surface area (Å²) in [7, 11) is -3.71. The van der Waals surface area contributed by atoms with Gasteiger partial charge in [-0.2, -0.15) is 0 Å². The van der Waals surface area contributed by atoms with Gasteiger partial charge in [0.25, 0.3) is 10.0 Å². The van der Waals surface area contributed by atoms with Crippen LogP contribution in [0.3, 0.4) is 0 Å². The second-order valence-electron chi connectivity index (χ2n) is 7.16. The van der Waals surface area contributed by atoms with E-state index in [2.05, 4.69) is 0 Å². The highest BCUT2D eigenvalue weighted by atomic mass is 32.2. The van der Waals surface area contributed by atoms with Crippen molar-refractivity contribution >= 4 is 32.8 Å². The molecule has 0 aliphatic carbocycles. The first-order valence-corrected chi connectivity index (χ1v) is 9.93. The van der Waals surface area contributed by atoms with Crippen LogP contribution in [0.25, 0.3) is 16.8 Å². The summed E-state index contributed by atoms with van der Waals surface area (Å²) in [5.41, 5.74) is 0.0116. The molecule has 3 rings (SSSR count). The number of aromatic nitrogens is 1. The lowest BCUT2D eigenvalue weighted by atomic mass is 10.1. The largest absolute Gasteiger partial charge is 0.457 e. The fraction of sp³-hybridized carbons (Fsp3) is 0.190. The molecule has 27 heavy (non-hydrogen) atoms. The first-order valence-electron chi connectivity index (χ1n) is 8.49. The van der Waals surface area contributed by atoms with E-state index >= 15 is 0 Å². The van der Waals surface area contributed by atoms with E-state index < -0.39 is 21.6 Å². The van der Waals surface area contributed by atoms with Crippen LogP contribution in [0.4, 0.5) is 0 Å². The number of nitrogens with zero attached hydrogens (tertiary/aromatic N) is 1. The van der Waals surface area contributed by atoms with Crippen molar-refractivity contribution in [2.75, 3.05) is 0 Å². The van der Waals surface area contributed by atoms with Gasteiger partial charge >= 0.3 is 5.97 Å². The highest BCUT2D eigenvalue weighted by Crippen LogP contribution is 2.21. The zero-order chi connectivity index (χ0) is 19.7. The van der Waals surface area contributed by atoms with Gasteiger partial charge in [-0.3, -0.25) is 0 Å². The van der Waals surface area contributed by atoms with Crippen LogP contribution >= 0.6 is 0 Å². The maximum absolute atomic E-state index is 12.9. The lowest BCUT2D eigenvalue weighted by molar-refractivity contribution is -0.148. The molecule has 0 unspecified atom stereocenters. The van der Waals surface area contributed by atoms with E-state index in [0.29, 0.717) is 5.56 Å². The molecule has 0 aliphatic heterocycles. The Balaban J connectivity index is 1.84. The highest BCUT2D eigenvalue weighted by molar-refractivity contribution is 7.90. The molecule has 1 aromatic heterocycles. The van der Waals surface area contributed by atoms with Gasteiger partial charge in [0.1, 0.15) is 5.60 Å². The molecule has 0 radical (unpaired) electrons. The Morgan fingerprint density at radius 2 is 1.74 bits per heavy atom. The number of esters is 1. The van der Waals surface area contributed by atoms with E-state index in [1.807, 2.05) is 24.3 Å². The molecular formula is C21H21NO4S. The van der Waals surface area contributed by atoms with Crippen LogP contribution in [0.5, 0.6) is 0 Å². The molecule has 1 heterocycles. The summed E-state index contributed by atoms with van der Waals surface area (Å²) >= 11 is 0. The molecule has 0 spiro atoms. The average molecular weight is 383 g/mol. The Kier molecular flexibility index (Phi) is 4.93. The lowest BCUT2D eigenvalue weighted by Gasteiger charge is -2.17. The molecule has 2 aromatic carbocycles. The van der Waals surface area contributed by atoms with Crippen molar-refractivity contribution in [3.8, 4) is 0 Å². The molecule has 0 saturated carbocycles. The van der Waals surface area contributed by atoms with Crippen LogP contribution in [0, 0.1) is 0 Å². The number of fused-ring (bicyclic) bond motifs is 1. The predicted molar refractivity (Wildman–Crippen MR) is 106 cm³/mol. The quantitative estimate of drug-likeness (QED) is 0.499. The Bertz CT molecular complexity index is 1120. The van der Waals surface area contributed by atoms with E-state index in [-0.39, 0.29) is 4.90 Å². The molecule has 0 fully saturated rings. The molecule has 0 atom stereocenters. The Morgan fingerprint density at radius 1 is 1.04 bits per heavy atom. The molecule has 6 heteroatoms. The number of rotatable bonds is 4. The van der Waals surface area contributed by atoms with Crippen LogP contribution in [0.15, 0.2) is 71.9 Å². The monoisotopic (exact) mass is 383 g/mol. The Hall–Kier alpha value is -2.86. The maximum atomic E-state index is 12.9. The third-order valence-corrected chi connectivity index (χ3v) is 5.44. The summed E-state index contributed by atoms with van der Waals surface area (Å²) in [5, 5.41) is 1.83. The van der Waals surface area contributed by atoms with Gasteiger partial charge in [-0.15, -0.1) is 0 Å². The van der Waals surface area contributed by atoms with Crippen LogP contribution in [-0.4, -0.2) is 24.0 Å². The van der Waals surface area contributed by atoms with Gasteiger partial charge in [-0.25, -0.2) is 17.2 Å². The van der Waals surface area contributed by atoms with E-state index in [1.54, 1.807) is 45.0 Å². The van der Waals surface area contributed by atoms with Crippen molar-refractivity contribution in [2.45, 2.75) is 31.3 Å². The molecule has 140 valence electrons. The van der Waals surface area contributed by atoms with Gasteiger partial charge in [0.2, 0.25) is 0 Å². The molecule has 0 saturated heterocycles. The van der Waals surface area contributed by atoms with Crippen LogP contribution in [-0.2, 0) is 19.6 Å². The fourth-order valence-electron chi connectivity index (χ4n) is 2.59. The Morgan fingerprint density at radius 3 is 2.44 bits per heavy atom. The topological polar surface area (TPSA) is 65.4 Å². The molecule has 0 bridgehead atoms. The van der Waals surface area contributed by atoms with Gasteiger partial charge in [0.15, 0.2) is 0 Å². The molecular weight excluding hydrogens is 362 g/mol. The second-order valence-corrected chi connectivity index (χ2v) is 9.00. The van der Waals surface area contributed by atoms with Crippen molar-refractivity contribution in [1.29, 1.82) is 0 Å². The van der Waals surface area contributed by atoms with Crippen LogP contribution in [0.2, 0.25) is 0 Å². The van der Waals surface area contributed by atoms with Gasteiger partial charge in [0, 0.05) is 18.5 Å². The zero-order valence-corrected chi connectivity index (χ0v) is 16.2. The summed E-state index contributed by atoms with van der Waals surface area (Å²) < 4.78 is 32.1. The normalized spacial score (nSPS) is 12.6. The first-order chi connectivity index (χ1) is 12.6. The van der Waals surface area contributed by atoms with Crippen molar-refractivity contribution in [3.63, 3.8) is 0 Å². The maximum Gasteiger partial charge on any atom is 0.331 e. The molecule has 0 aliphatic rings. The van der Waals surface area contributed by atoms with E-state index in [9.17, 15) is 13.2 Å². The predicted octanol–water partition coefficient (Wildman–Crippen LogP) is 4.23. The number of hydrogen-bond acceptors (Lipinski definition) is 4. The minimum Gasteiger partial charge on any atom is -0.457 e. The summed E-state index contributed by atoms with van der Waals surface area (Å²) in [6.45, 7) is 5.35. The van der Waals surface area contributed by atoms with E-state index in [1.165, 1.54) is 24.5 Å². The molecule has 0 amide bonds. The minimum atomic E-state index is -3.71. The second kappa shape index (κ2) is 7.04. The van der Waals surface area contributed by atoms with Crippen LogP contribution in [0.1, 0.15) is 26.3 Å². The molecule has 0 N–H and O–H groups in total. The summed E-state index contributed by atoms with van der Waals surface area (Å²) in [6, 6.07) is 14.2. The van der Waals surface area contributed by atoms with E-state index in [4.69, 9.17) is 4.74 Å². The Labute approximate surface area is 158 Å². The average Bonchev–Trinajstić information content (AvgIpc) is 3.08. The molecule has 3 aromatic rings. The third-order valence-electron chi connectivity index (χ3n) is 3.81. The van der Waals surface area contributed by atoms with Crippen molar-refractivity contribution < 1.29 is 17.9 Å². The van der Waals surface area contributed by atoms with E-state index in [0.717, 1.165) is 14.7 Å². The standard InChI is InChI=1S/C21H21NO4S/c1-21(2,3)26-20(23)11-8-16-12-13-22(15-16)27(24,25)19-10-9-17-6-4-5-7-18(17)14-19/h4-15H,1-3H3/b11-8+. The fourth-order valence-corrected chi connectivity index (χ4v) is 3.83. The summed E-state index contributed by atoms with van der Waals surface area (Å²) in [4.78, 5) is 12.0. The minimum absolute atomic E-state index is 0.208. The zero-order valence-electron chi connectivity index (χ0n) is 15.4. The number of carbonyl (C=O) groups is 1. The van der Waals surface area contributed by atoms with Crippen molar-refractivity contribution in [1.82, 2.24) is 3.97 Å². The summed E-state index contributed by atoms with van der Waals surface area (Å²) in [6.07, 6.45) is 5.73. The third kappa shape index (κ3) is 4.46. The van der Waals surface area contributed by atoms with Crippen molar-refractivity contribution in [2.24, 2.45) is 0 Å². The number of carbonyl (C=O) groups excluding carboxylic acids is 1. The number of benzene rings is 2. The highest BCUT2D eigenvalue weighted by Gasteiger charge is 2.17. The van der Waals surface area contributed by atoms with Gasteiger partial charge in [0.05, 0.1) is 4.90 Å². The smallest absolute Gasteiger partial charge is 0.331 e. The van der Waals surface area contributed by atoms with Crippen molar-refractivity contribution in [3.05, 3.63) is 72.6 Å². The van der Waals surface area contributed by atoms with Gasteiger partial charge < -0.3 is 4.74 Å². The lowest BCUT2D eigenvalue weighted by Crippen LogP contribution is -2.22. The first kappa shape index (κ1) is 18.9. The number of hydrogen-bond donors (Lipinski definition) is 0. The van der Waals surface area contributed by atoms with Gasteiger partial charge in [-0.05, 0) is 61.4 Å². The number of ether oxygens (including phenoxy) is 1. The van der Waals surface area contributed by atoms with Crippen LogP contribution < -0.4 is 0 Å². The molecule has 5 nitrogen and oxygen atoms in total. The summed E-state index contributed by atoms with van der Waals surface area (Å²) in [5.74, 6) is -0.479. The SMILES string of the molecule is CC(C)(C)OC(=O)/C=C/c1ccn(S(=O)(=O)c2ccc3ccccc3c2)c1.